The van der Waals surface area contributed by atoms with E-state index >= 15 is 0 Å². The van der Waals surface area contributed by atoms with Gasteiger partial charge in [-0.15, -0.1) is 0 Å². The Morgan fingerprint density at radius 1 is 1.43 bits per heavy atom. The second-order valence-electron chi connectivity index (χ2n) is 6.23. The first-order valence-electron chi connectivity index (χ1n) is 8.01. The Labute approximate surface area is 137 Å². The van der Waals surface area contributed by atoms with Crippen LogP contribution < -0.4 is 5.32 Å². The van der Waals surface area contributed by atoms with E-state index in [2.05, 4.69) is 10.4 Å². The number of hydrogen-bond acceptors (Lipinski definition) is 4. The Balaban J connectivity index is 1.85. The maximum absolute atomic E-state index is 12.4. The molecular formula is C16H26N4O3. The molecule has 0 unspecified atom stereocenters. The van der Waals surface area contributed by atoms with Crippen LogP contribution in [-0.2, 0) is 20.9 Å². The van der Waals surface area contributed by atoms with Gasteiger partial charge in [-0.3, -0.25) is 14.3 Å². The molecule has 0 spiro atoms. The minimum absolute atomic E-state index is 0.0601. The Bertz CT molecular complexity index is 584. The van der Waals surface area contributed by atoms with Gasteiger partial charge in [0.1, 0.15) is 0 Å². The molecule has 0 saturated carbocycles. The number of rotatable bonds is 5. The Kier molecular flexibility index (Phi) is 5.41. The van der Waals surface area contributed by atoms with Gasteiger partial charge in [-0.2, -0.15) is 5.10 Å². The van der Waals surface area contributed by atoms with E-state index in [-0.39, 0.29) is 11.8 Å². The molecule has 1 saturated heterocycles. The van der Waals surface area contributed by atoms with E-state index in [1.54, 1.807) is 18.9 Å². The van der Waals surface area contributed by atoms with Gasteiger partial charge in [0.15, 0.2) is 5.60 Å². The summed E-state index contributed by atoms with van der Waals surface area (Å²) in [5.41, 5.74) is 1.13. The molecule has 1 N–H and O–H groups in total. The molecule has 2 heterocycles. The van der Waals surface area contributed by atoms with E-state index in [0.29, 0.717) is 26.1 Å². The summed E-state index contributed by atoms with van der Waals surface area (Å²) in [4.78, 5) is 26.0. The standard InChI is InChI=1S/C16H26N4O3/c1-12-10-13(2)20(18-12)7-5-6-14(21)19-8-9-23-16(3,11-19)15(22)17-4/h10H,5-9,11H2,1-4H3,(H,17,22)/t16-/m1/s1. The lowest BCUT2D eigenvalue weighted by atomic mass is 10.0. The number of carbonyl (C=O) groups excluding carboxylic acids is 2. The highest BCUT2D eigenvalue weighted by Gasteiger charge is 2.39. The summed E-state index contributed by atoms with van der Waals surface area (Å²) in [5.74, 6) is -0.136. The molecule has 0 aliphatic carbocycles. The zero-order valence-corrected chi connectivity index (χ0v) is 14.4. The Morgan fingerprint density at radius 3 is 2.78 bits per heavy atom. The zero-order valence-electron chi connectivity index (χ0n) is 14.4. The molecule has 7 nitrogen and oxygen atoms in total. The van der Waals surface area contributed by atoms with Crippen molar-refractivity contribution in [3.05, 3.63) is 17.5 Å². The van der Waals surface area contributed by atoms with Crippen molar-refractivity contribution in [3.63, 3.8) is 0 Å². The van der Waals surface area contributed by atoms with Crippen molar-refractivity contribution < 1.29 is 14.3 Å². The van der Waals surface area contributed by atoms with E-state index in [1.165, 1.54) is 0 Å². The van der Waals surface area contributed by atoms with Gasteiger partial charge in [0.25, 0.3) is 5.91 Å². The van der Waals surface area contributed by atoms with Crippen LogP contribution in [0.25, 0.3) is 0 Å². The molecule has 0 bridgehead atoms. The van der Waals surface area contributed by atoms with Gasteiger partial charge in [0, 0.05) is 32.3 Å². The van der Waals surface area contributed by atoms with Crippen LogP contribution in [0.15, 0.2) is 6.07 Å². The number of nitrogens with zero attached hydrogens (tertiary/aromatic N) is 3. The van der Waals surface area contributed by atoms with Gasteiger partial charge in [0.05, 0.1) is 18.8 Å². The van der Waals surface area contributed by atoms with Crippen LogP contribution in [0, 0.1) is 13.8 Å². The smallest absolute Gasteiger partial charge is 0.253 e. The van der Waals surface area contributed by atoms with E-state index in [9.17, 15) is 9.59 Å². The number of amides is 2. The van der Waals surface area contributed by atoms with E-state index in [0.717, 1.165) is 24.4 Å². The molecule has 128 valence electrons. The molecule has 1 aliphatic heterocycles. The number of aryl methyl sites for hydroxylation is 3. The van der Waals surface area contributed by atoms with E-state index in [1.807, 2.05) is 24.6 Å². The summed E-state index contributed by atoms with van der Waals surface area (Å²) < 4.78 is 7.50. The number of hydrogen-bond donors (Lipinski definition) is 1. The first-order valence-corrected chi connectivity index (χ1v) is 8.01. The monoisotopic (exact) mass is 322 g/mol. The van der Waals surface area contributed by atoms with Crippen molar-refractivity contribution in [2.45, 2.75) is 45.8 Å². The fourth-order valence-corrected chi connectivity index (χ4v) is 2.92. The molecule has 1 atom stereocenters. The van der Waals surface area contributed by atoms with Gasteiger partial charge in [0.2, 0.25) is 5.91 Å². The first-order chi connectivity index (χ1) is 10.9. The molecule has 0 aromatic carbocycles. The minimum atomic E-state index is -0.960. The molecule has 7 heteroatoms. The van der Waals surface area contributed by atoms with Crippen LogP contribution in [0.1, 0.15) is 31.2 Å². The molecule has 1 aliphatic rings. The number of carbonyl (C=O) groups is 2. The van der Waals surface area contributed by atoms with E-state index < -0.39 is 5.60 Å². The average molecular weight is 322 g/mol. The molecule has 1 aromatic heterocycles. The van der Waals surface area contributed by atoms with Crippen molar-refractivity contribution in [2.24, 2.45) is 0 Å². The number of aromatic nitrogens is 2. The van der Waals surface area contributed by atoms with Gasteiger partial charge >= 0.3 is 0 Å². The number of ether oxygens (including phenoxy) is 1. The maximum Gasteiger partial charge on any atom is 0.253 e. The highest BCUT2D eigenvalue weighted by molar-refractivity contribution is 5.86. The zero-order chi connectivity index (χ0) is 17.0. The van der Waals surface area contributed by atoms with E-state index in [4.69, 9.17) is 4.74 Å². The lowest BCUT2D eigenvalue weighted by Crippen LogP contribution is -2.58. The summed E-state index contributed by atoms with van der Waals surface area (Å²) in [6.45, 7) is 7.63. The molecule has 23 heavy (non-hydrogen) atoms. The largest absolute Gasteiger partial charge is 0.362 e. The topological polar surface area (TPSA) is 76.5 Å². The third-order valence-electron chi connectivity index (χ3n) is 4.20. The highest BCUT2D eigenvalue weighted by Crippen LogP contribution is 2.19. The van der Waals surface area contributed by atoms with Gasteiger partial charge < -0.3 is 15.0 Å². The van der Waals surface area contributed by atoms with Crippen LogP contribution in [0.2, 0.25) is 0 Å². The summed E-state index contributed by atoms with van der Waals surface area (Å²) in [6, 6.07) is 2.03. The molecule has 1 aromatic rings. The molecule has 1 fully saturated rings. The number of nitrogens with one attached hydrogen (secondary N) is 1. The molecule has 2 rings (SSSR count). The van der Waals surface area contributed by atoms with Crippen molar-refractivity contribution in [2.75, 3.05) is 26.7 Å². The van der Waals surface area contributed by atoms with Crippen LogP contribution in [-0.4, -0.2) is 58.8 Å². The third-order valence-corrected chi connectivity index (χ3v) is 4.20. The Morgan fingerprint density at radius 2 is 2.17 bits per heavy atom. The lowest BCUT2D eigenvalue weighted by Gasteiger charge is -2.39. The second kappa shape index (κ2) is 7.12. The summed E-state index contributed by atoms with van der Waals surface area (Å²) >= 11 is 0. The van der Waals surface area contributed by atoms with Crippen molar-refractivity contribution in [1.82, 2.24) is 20.0 Å². The first kappa shape index (κ1) is 17.5. The number of morpholine rings is 1. The quantitative estimate of drug-likeness (QED) is 0.863. The fraction of sp³-hybridized carbons (Fsp3) is 0.688. The Hall–Kier alpha value is -1.89. The molecule has 2 amide bonds. The van der Waals surface area contributed by atoms with Gasteiger partial charge in [-0.1, -0.05) is 0 Å². The van der Waals surface area contributed by atoms with Crippen LogP contribution in [0.4, 0.5) is 0 Å². The minimum Gasteiger partial charge on any atom is -0.362 e. The van der Waals surface area contributed by atoms with Crippen LogP contribution >= 0.6 is 0 Å². The lowest BCUT2D eigenvalue weighted by molar-refractivity contribution is -0.162. The second-order valence-corrected chi connectivity index (χ2v) is 6.23. The molecular weight excluding hydrogens is 296 g/mol. The van der Waals surface area contributed by atoms with Gasteiger partial charge in [-0.25, -0.2) is 0 Å². The average Bonchev–Trinajstić information content (AvgIpc) is 2.84. The molecule has 0 radical (unpaired) electrons. The summed E-state index contributed by atoms with van der Waals surface area (Å²) in [5, 5.41) is 6.99. The van der Waals surface area contributed by atoms with Crippen LogP contribution in [0.3, 0.4) is 0 Å². The summed E-state index contributed by atoms with van der Waals surface area (Å²) in [6.07, 6.45) is 1.18. The SMILES string of the molecule is CNC(=O)[C@@]1(C)CN(C(=O)CCCn2nc(C)cc2C)CCO1. The van der Waals surface area contributed by atoms with Crippen molar-refractivity contribution >= 4 is 11.8 Å². The van der Waals surface area contributed by atoms with Crippen molar-refractivity contribution in [3.8, 4) is 0 Å². The number of likely N-dealkylation sites (N-methyl/N-ethyl adjacent to an activating group) is 1. The third kappa shape index (κ3) is 4.10. The normalized spacial score (nSPS) is 21.3. The van der Waals surface area contributed by atoms with Crippen molar-refractivity contribution in [1.29, 1.82) is 0 Å². The van der Waals surface area contributed by atoms with Gasteiger partial charge in [-0.05, 0) is 33.3 Å². The maximum atomic E-state index is 12.4. The fourth-order valence-electron chi connectivity index (χ4n) is 2.92. The summed E-state index contributed by atoms with van der Waals surface area (Å²) in [7, 11) is 1.58. The highest BCUT2D eigenvalue weighted by atomic mass is 16.5. The predicted molar refractivity (Wildman–Crippen MR) is 85.9 cm³/mol. The predicted octanol–water partition coefficient (Wildman–Crippen LogP) is 0.644. The van der Waals surface area contributed by atoms with Crippen LogP contribution in [0.5, 0.6) is 0 Å².